The summed E-state index contributed by atoms with van der Waals surface area (Å²) in [5, 5.41) is 17.0. The molecule has 0 atom stereocenters. The molecule has 0 bridgehead atoms. The Balaban J connectivity index is 3.63. The molecule has 0 unspecified atom stereocenters. The first-order chi connectivity index (χ1) is 10.1. The molecule has 5 nitrogen and oxygen atoms in total. The van der Waals surface area contributed by atoms with E-state index in [0.29, 0.717) is 5.32 Å². The second-order valence-corrected chi connectivity index (χ2v) is 12.4. The number of hydrogen-bond donors (Lipinski definition) is 1. The molecule has 0 aromatic carbocycles. The van der Waals surface area contributed by atoms with Crippen LogP contribution in [-0.2, 0) is 11.3 Å². The van der Waals surface area contributed by atoms with Crippen molar-refractivity contribution >= 4 is 19.4 Å². The molecule has 1 aromatic rings. The van der Waals surface area contributed by atoms with Crippen molar-refractivity contribution in [2.45, 2.75) is 71.1 Å². The number of aromatic nitrogens is 3. The van der Waals surface area contributed by atoms with E-state index in [4.69, 9.17) is 5.11 Å². The van der Waals surface area contributed by atoms with Gasteiger partial charge in [-0.2, -0.15) is 0 Å². The average molecular weight is 333 g/mol. The van der Waals surface area contributed by atoms with Crippen molar-refractivity contribution in [3.05, 3.63) is 5.69 Å². The quantitative estimate of drug-likeness (QED) is 0.778. The number of nitrogens with zero attached hydrogens (tertiary/aromatic N) is 3. The molecule has 1 aromatic heterocycles. The third kappa shape index (κ3) is 3.06. The fourth-order valence-corrected chi connectivity index (χ4v) is 10.5. The van der Waals surface area contributed by atoms with Gasteiger partial charge in [-0.15, -0.1) is 5.10 Å². The molecule has 1 heterocycles. The van der Waals surface area contributed by atoms with E-state index >= 15 is 0 Å². The van der Waals surface area contributed by atoms with Crippen LogP contribution in [0.1, 0.15) is 53.7 Å². The minimum absolute atomic E-state index is 0.194. The first-order valence-electron chi connectivity index (χ1n) is 7.50. The summed E-state index contributed by atoms with van der Waals surface area (Å²) >= 11 is 0. The summed E-state index contributed by atoms with van der Waals surface area (Å²) in [5.74, 6) is -1.20. The third-order valence-corrected chi connectivity index (χ3v) is 11.4. The molecule has 0 aliphatic carbocycles. The Morgan fingerprint density at radius 2 is 1.59 bits per heavy atom. The summed E-state index contributed by atoms with van der Waals surface area (Å²) in [4.78, 5) is 10.9. The zero-order chi connectivity index (χ0) is 17.2. The van der Waals surface area contributed by atoms with Crippen LogP contribution in [0.15, 0.2) is 0 Å². The SMILES string of the molecule is CC(C)[Si](c1nnn(CC(=O)O)c1C(F)F)(C(C)C)C(C)C. The molecule has 1 N–H and O–H groups in total. The lowest BCUT2D eigenvalue weighted by molar-refractivity contribution is -0.138. The highest BCUT2D eigenvalue weighted by molar-refractivity contribution is 6.94. The van der Waals surface area contributed by atoms with Gasteiger partial charge in [0.2, 0.25) is 0 Å². The average Bonchev–Trinajstić information content (AvgIpc) is 2.71. The van der Waals surface area contributed by atoms with Crippen molar-refractivity contribution in [1.29, 1.82) is 0 Å². The predicted molar refractivity (Wildman–Crippen MR) is 83.3 cm³/mol. The summed E-state index contributed by atoms with van der Waals surface area (Å²) in [6.45, 7) is 11.6. The van der Waals surface area contributed by atoms with Crippen LogP contribution in [0.25, 0.3) is 0 Å². The summed E-state index contributed by atoms with van der Waals surface area (Å²) in [7, 11) is -2.41. The molecule has 0 saturated carbocycles. The van der Waals surface area contributed by atoms with Crippen LogP contribution in [0.5, 0.6) is 0 Å². The maximum absolute atomic E-state index is 13.6. The van der Waals surface area contributed by atoms with E-state index in [1.165, 1.54) is 0 Å². The lowest BCUT2D eigenvalue weighted by Gasteiger charge is -2.41. The van der Waals surface area contributed by atoms with Gasteiger partial charge in [0, 0.05) is 0 Å². The number of aliphatic carboxylic acids is 1. The molecule has 126 valence electrons. The number of alkyl halides is 2. The van der Waals surface area contributed by atoms with Gasteiger partial charge in [0.05, 0.1) is 5.32 Å². The third-order valence-electron chi connectivity index (χ3n) is 4.54. The van der Waals surface area contributed by atoms with Gasteiger partial charge in [0.15, 0.2) is 0 Å². The van der Waals surface area contributed by atoms with Gasteiger partial charge in [-0.25, -0.2) is 13.5 Å². The van der Waals surface area contributed by atoms with Crippen LogP contribution in [0, 0.1) is 0 Å². The highest BCUT2D eigenvalue weighted by Crippen LogP contribution is 2.42. The minimum Gasteiger partial charge on any atom is -0.480 e. The standard InChI is InChI=1S/C14H25F2N3O2Si/c1-8(2)22(9(3)4,10(5)6)14-12(13(15)16)19(18-17-14)7-11(20)21/h8-10,13H,7H2,1-6H3,(H,20,21). The van der Waals surface area contributed by atoms with Crippen molar-refractivity contribution < 1.29 is 18.7 Å². The summed E-state index contributed by atoms with van der Waals surface area (Å²) in [6.07, 6.45) is -2.78. The number of carboxylic acids is 1. The van der Waals surface area contributed by atoms with E-state index < -0.39 is 27.0 Å². The second-order valence-electron chi connectivity index (χ2n) is 6.57. The summed E-state index contributed by atoms with van der Waals surface area (Å²) in [5.41, 5.74) is 0.269. The van der Waals surface area contributed by atoms with Crippen molar-refractivity contribution in [3.63, 3.8) is 0 Å². The van der Waals surface area contributed by atoms with E-state index in [1.807, 2.05) is 41.5 Å². The van der Waals surface area contributed by atoms with Crippen LogP contribution in [0.2, 0.25) is 16.6 Å². The van der Waals surface area contributed by atoms with Crippen LogP contribution in [0.4, 0.5) is 8.78 Å². The van der Waals surface area contributed by atoms with Gasteiger partial charge in [0.1, 0.15) is 20.3 Å². The van der Waals surface area contributed by atoms with Crippen molar-refractivity contribution in [2.75, 3.05) is 0 Å². The Hall–Kier alpha value is -1.31. The molecule has 0 radical (unpaired) electrons. The fraction of sp³-hybridized carbons (Fsp3) is 0.786. The zero-order valence-corrected chi connectivity index (χ0v) is 15.0. The molecule has 0 amide bonds. The van der Waals surface area contributed by atoms with E-state index in [2.05, 4.69) is 10.3 Å². The Morgan fingerprint density at radius 3 is 1.91 bits per heavy atom. The molecule has 0 fully saturated rings. The molecule has 8 heteroatoms. The smallest absolute Gasteiger partial charge is 0.325 e. The van der Waals surface area contributed by atoms with E-state index in [-0.39, 0.29) is 22.3 Å². The largest absolute Gasteiger partial charge is 0.480 e. The minimum atomic E-state index is -2.78. The van der Waals surface area contributed by atoms with E-state index in [0.717, 1.165) is 4.68 Å². The molecule has 0 saturated heterocycles. The van der Waals surface area contributed by atoms with Crippen LogP contribution < -0.4 is 5.32 Å². The van der Waals surface area contributed by atoms with Gasteiger partial charge in [-0.05, 0) is 16.6 Å². The van der Waals surface area contributed by atoms with Gasteiger partial charge in [0.25, 0.3) is 6.43 Å². The normalized spacial score (nSPS) is 12.9. The molecule has 22 heavy (non-hydrogen) atoms. The molecule has 1 rings (SSSR count). The Bertz CT molecular complexity index is 508. The molecule has 0 aliphatic heterocycles. The van der Waals surface area contributed by atoms with Gasteiger partial charge >= 0.3 is 5.97 Å². The fourth-order valence-electron chi connectivity index (χ4n) is 3.91. The Kier molecular flexibility index (Phi) is 5.83. The molecule has 0 aliphatic rings. The van der Waals surface area contributed by atoms with Crippen LogP contribution in [0.3, 0.4) is 0 Å². The first kappa shape index (κ1) is 18.7. The highest BCUT2D eigenvalue weighted by Gasteiger charge is 2.49. The van der Waals surface area contributed by atoms with Gasteiger partial charge in [-0.1, -0.05) is 46.8 Å². The van der Waals surface area contributed by atoms with E-state index in [9.17, 15) is 13.6 Å². The predicted octanol–water partition coefficient (Wildman–Crippen LogP) is 3.19. The maximum atomic E-state index is 13.6. The van der Waals surface area contributed by atoms with Gasteiger partial charge < -0.3 is 5.11 Å². The summed E-state index contributed by atoms with van der Waals surface area (Å²) < 4.78 is 28.1. The monoisotopic (exact) mass is 333 g/mol. The lowest BCUT2D eigenvalue weighted by atomic mass is 10.4. The van der Waals surface area contributed by atoms with Crippen molar-refractivity contribution in [3.8, 4) is 0 Å². The molecular weight excluding hydrogens is 308 g/mol. The van der Waals surface area contributed by atoms with Crippen LogP contribution >= 0.6 is 0 Å². The second kappa shape index (κ2) is 6.85. The zero-order valence-electron chi connectivity index (χ0n) is 14.0. The number of halogens is 2. The number of rotatable bonds is 7. The number of carbonyl (C=O) groups is 1. The Morgan fingerprint density at radius 1 is 1.14 bits per heavy atom. The van der Waals surface area contributed by atoms with Crippen molar-refractivity contribution in [2.24, 2.45) is 0 Å². The molecule has 0 spiro atoms. The maximum Gasteiger partial charge on any atom is 0.325 e. The van der Waals surface area contributed by atoms with Crippen LogP contribution in [-0.4, -0.2) is 34.1 Å². The van der Waals surface area contributed by atoms with Gasteiger partial charge in [-0.3, -0.25) is 4.79 Å². The summed E-state index contributed by atoms with van der Waals surface area (Å²) in [6, 6.07) is 0. The van der Waals surface area contributed by atoms with Crippen molar-refractivity contribution in [1.82, 2.24) is 15.0 Å². The lowest BCUT2D eigenvalue weighted by Crippen LogP contribution is -2.57. The Labute approximate surface area is 130 Å². The molecular formula is C14H25F2N3O2Si. The topological polar surface area (TPSA) is 68.0 Å². The first-order valence-corrected chi connectivity index (χ1v) is 9.73. The van der Waals surface area contributed by atoms with E-state index in [1.54, 1.807) is 0 Å². The highest BCUT2D eigenvalue weighted by atomic mass is 28.3. The number of hydrogen-bond acceptors (Lipinski definition) is 3. The number of carboxylic acid groups (broad SMARTS) is 1.